The predicted molar refractivity (Wildman–Crippen MR) is 93.4 cm³/mol. The maximum Gasteiger partial charge on any atom is 0.433 e. The fourth-order valence-corrected chi connectivity index (χ4v) is 2.21. The van der Waals surface area contributed by atoms with Gasteiger partial charge in [0.2, 0.25) is 5.95 Å². The Morgan fingerprint density at radius 1 is 1.16 bits per heavy atom. The highest BCUT2D eigenvalue weighted by Crippen LogP contribution is 2.31. The number of alkyl halides is 3. The molecule has 0 saturated heterocycles. The average molecular weight is 374 g/mol. The van der Waals surface area contributed by atoms with Crippen LogP contribution in [-0.2, 0) is 6.18 Å². The van der Waals surface area contributed by atoms with Crippen LogP contribution in [0.1, 0.15) is 12.1 Å². The SMILES string of the molecule is CN(C)CCCNc1nc(Nc2ccccc2Cl)cc(C(F)(F)F)n1. The molecule has 2 N–H and O–H groups in total. The number of benzene rings is 1. The van der Waals surface area contributed by atoms with Gasteiger partial charge in [-0.25, -0.2) is 4.98 Å². The van der Waals surface area contributed by atoms with Gasteiger partial charge in [-0.15, -0.1) is 0 Å². The van der Waals surface area contributed by atoms with Crippen molar-refractivity contribution in [2.45, 2.75) is 12.6 Å². The van der Waals surface area contributed by atoms with E-state index in [-0.39, 0.29) is 11.8 Å². The molecule has 1 aromatic heterocycles. The van der Waals surface area contributed by atoms with Gasteiger partial charge in [-0.2, -0.15) is 18.2 Å². The fourth-order valence-electron chi connectivity index (χ4n) is 2.03. The van der Waals surface area contributed by atoms with Gasteiger partial charge in [0.15, 0.2) is 5.69 Å². The molecule has 0 aliphatic carbocycles. The van der Waals surface area contributed by atoms with Gasteiger partial charge in [-0.05, 0) is 39.2 Å². The first-order valence-corrected chi connectivity index (χ1v) is 8.00. The highest BCUT2D eigenvalue weighted by atomic mass is 35.5. The van der Waals surface area contributed by atoms with E-state index in [0.717, 1.165) is 19.0 Å². The van der Waals surface area contributed by atoms with Crippen molar-refractivity contribution in [2.24, 2.45) is 0 Å². The lowest BCUT2D eigenvalue weighted by atomic mass is 10.3. The summed E-state index contributed by atoms with van der Waals surface area (Å²) in [6.07, 6.45) is -3.82. The first kappa shape index (κ1) is 19.3. The van der Waals surface area contributed by atoms with E-state index in [1.807, 2.05) is 19.0 Å². The number of halogens is 4. The molecule has 0 amide bonds. The van der Waals surface area contributed by atoms with Crippen molar-refractivity contribution in [1.82, 2.24) is 14.9 Å². The van der Waals surface area contributed by atoms with Crippen LogP contribution in [0, 0.1) is 0 Å². The number of hydrogen-bond donors (Lipinski definition) is 2. The summed E-state index contributed by atoms with van der Waals surface area (Å²) in [5.41, 5.74) is -0.554. The second kappa shape index (κ2) is 8.35. The fraction of sp³-hybridized carbons (Fsp3) is 0.375. The van der Waals surface area contributed by atoms with Crippen LogP contribution in [0.2, 0.25) is 5.02 Å². The summed E-state index contributed by atoms with van der Waals surface area (Å²) in [5, 5.41) is 6.02. The van der Waals surface area contributed by atoms with Gasteiger partial charge in [0.25, 0.3) is 0 Å². The van der Waals surface area contributed by atoms with Gasteiger partial charge < -0.3 is 15.5 Å². The lowest BCUT2D eigenvalue weighted by molar-refractivity contribution is -0.141. The van der Waals surface area contributed by atoms with Crippen LogP contribution in [0.15, 0.2) is 30.3 Å². The molecule has 1 aromatic carbocycles. The van der Waals surface area contributed by atoms with Gasteiger partial charge in [-0.1, -0.05) is 23.7 Å². The zero-order chi connectivity index (χ0) is 18.4. The topological polar surface area (TPSA) is 53.1 Å². The summed E-state index contributed by atoms with van der Waals surface area (Å²) in [6.45, 7) is 1.27. The Morgan fingerprint density at radius 2 is 1.88 bits per heavy atom. The molecule has 2 rings (SSSR count). The normalized spacial score (nSPS) is 11.6. The Hall–Kier alpha value is -2.06. The highest BCUT2D eigenvalue weighted by Gasteiger charge is 2.33. The van der Waals surface area contributed by atoms with Crippen LogP contribution >= 0.6 is 11.6 Å². The minimum Gasteiger partial charge on any atom is -0.354 e. The third-order valence-corrected chi connectivity index (χ3v) is 3.55. The molecule has 0 aliphatic rings. The third-order valence-electron chi connectivity index (χ3n) is 3.22. The van der Waals surface area contributed by atoms with E-state index in [1.165, 1.54) is 0 Å². The number of para-hydroxylation sites is 1. The molecule has 0 unspecified atom stereocenters. The van der Waals surface area contributed by atoms with Gasteiger partial charge >= 0.3 is 6.18 Å². The second-order valence-corrected chi connectivity index (χ2v) is 6.06. The van der Waals surface area contributed by atoms with Gasteiger partial charge in [0.05, 0.1) is 10.7 Å². The molecule has 5 nitrogen and oxygen atoms in total. The molecule has 136 valence electrons. The zero-order valence-electron chi connectivity index (χ0n) is 13.9. The van der Waals surface area contributed by atoms with Gasteiger partial charge in [-0.3, -0.25) is 0 Å². The van der Waals surface area contributed by atoms with Crippen molar-refractivity contribution in [2.75, 3.05) is 37.8 Å². The van der Waals surface area contributed by atoms with Crippen molar-refractivity contribution in [3.05, 3.63) is 41.0 Å². The van der Waals surface area contributed by atoms with Crippen LogP contribution in [0.25, 0.3) is 0 Å². The van der Waals surface area contributed by atoms with Crippen molar-refractivity contribution < 1.29 is 13.2 Å². The van der Waals surface area contributed by atoms with E-state index in [1.54, 1.807) is 24.3 Å². The standard InChI is InChI=1S/C16H19ClF3N5/c1-25(2)9-5-8-21-15-23-13(16(18,19)20)10-14(24-15)22-12-7-4-3-6-11(12)17/h3-4,6-7,10H,5,8-9H2,1-2H3,(H2,21,22,23,24). The lowest BCUT2D eigenvalue weighted by Gasteiger charge is -2.14. The molecule has 0 atom stereocenters. The largest absolute Gasteiger partial charge is 0.433 e. The van der Waals surface area contributed by atoms with Crippen molar-refractivity contribution in [3.63, 3.8) is 0 Å². The van der Waals surface area contributed by atoms with E-state index >= 15 is 0 Å². The molecule has 0 aliphatic heterocycles. The summed E-state index contributed by atoms with van der Waals surface area (Å²) < 4.78 is 39.2. The molecule has 0 bridgehead atoms. The van der Waals surface area contributed by atoms with E-state index in [0.29, 0.717) is 17.3 Å². The maximum absolute atomic E-state index is 13.1. The van der Waals surface area contributed by atoms with Crippen LogP contribution in [0.5, 0.6) is 0 Å². The summed E-state index contributed by atoms with van der Waals surface area (Å²) in [5.74, 6) is -0.0614. The number of nitrogens with zero attached hydrogens (tertiary/aromatic N) is 3. The van der Waals surface area contributed by atoms with Crippen molar-refractivity contribution >= 4 is 29.1 Å². The second-order valence-electron chi connectivity index (χ2n) is 5.65. The molecule has 0 fully saturated rings. The summed E-state index contributed by atoms with van der Waals surface area (Å²) in [7, 11) is 3.85. The third kappa shape index (κ3) is 6.06. The van der Waals surface area contributed by atoms with E-state index < -0.39 is 11.9 Å². The molecule has 0 saturated carbocycles. The average Bonchev–Trinajstić information content (AvgIpc) is 2.53. The molecule has 1 heterocycles. The van der Waals surface area contributed by atoms with Gasteiger partial charge in [0, 0.05) is 12.6 Å². The van der Waals surface area contributed by atoms with Crippen molar-refractivity contribution in [1.29, 1.82) is 0 Å². The number of rotatable bonds is 7. The summed E-state index contributed by atoms with van der Waals surface area (Å²) >= 11 is 6.03. The number of hydrogen-bond acceptors (Lipinski definition) is 5. The Balaban J connectivity index is 2.20. The molecular weight excluding hydrogens is 355 g/mol. The molecule has 0 spiro atoms. The van der Waals surface area contributed by atoms with Crippen LogP contribution in [-0.4, -0.2) is 42.1 Å². The molecule has 25 heavy (non-hydrogen) atoms. The van der Waals surface area contributed by atoms with Gasteiger partial charge in [0.1, 0.15) is 5.82 Å². The first-order valence-electron chi connectivity index (χ1n) is 7.62. The number of nitrogens with one attached hydrogen (secondary N) is 2. The maximum atomic E-state index is 13.1. The van der Waals surface area contributed by atoms with E-state index in [4.69, 9.17) is 11.6 Å². The quantitative estimate of drug-likeness (QED) is 0.710. The van der Waals surface area contributed by atoms with Crippen LogP contribution in [0.4, 0.5) is 30.6 Å². The Labute approximate surface area is 149 Å². The molecule has 0 radical (unpaired) electrons. The number of aromatic nitrogens is 2. The summed E-state index contributed by atoms with van der Waals surface area (Å²) in [4.78, 5) is 9.63. The minimum atomic E-state index is -4.57. The Kier molecular flexibility index (Phi) is 6.44. The zero-order valence-corrected chi connectivity index (χ0v) is 14.6. The molecule has 2 aromatic rings. The van der Waals surface area contributed by atoms with Crippen LogP contribution in [0.3, 0.4) is 0 Å². The van der Waals surface area contributed by atoms with E-state index in [9.17, 15) is 13.2 Å². The first-order chi connectivity index (χ1) is 11.8. The van der Waals surface area contributed by atoms with E-state index in [2.05, 4.69) is 20.6 Å². The summed E-state index contributed by atoms with van der Waals surface area (Å²) in [6, 6.07) is 7.60. The van der Waals surface area contributed by atoms with Crippen LogP contribution < -0.4 is 10.6 Å². The molecule has 9 heteroatoms. The predicted octanol–water partition coefficient (Wildman–Crippen LogP) is 4.26. The number of anilines is 3. The monoisotopic (exact) mass is 373 g/mol. The Bertz CT molecular complexity index is 706. The Morgan fingerprint density at radius 3 is 2.52 bits per heavy atom. The minimum absolute atomic E-state index is 0.0190. The highest BCUT2D eigenvalue weighted by molar-refractivity contribution is 6.33. The van der Waals surface area contributed by atoms with Crippen molar-refractivity contribution in [3.8, 4) is 0 Å². The smallest absolute Gasteiger partial charge is 0.354 e. The lowest BCUT2D eigenvalue weighted by Crippen LogP contribution is -2.18. The molecular formula is C16H19ClF3N5.